The molecule has 1 aromatic heterocycles. The van der Waals surface area contributed by atoms with Gasteiger partial charge < -0.3 is 0 Å². The summed E-state index contributed by atoms with van der Waals surface area (Å²) in [6, 6.07) is 5.91. The van der Waals surface area contributed by atoms with Gasteiger partial charge in [0.15, 0.2) is 0 Å². The summed E-state index contributed by atoms with van der Waals surface area (Å²) in [5.41, 5.74) is 1.13. The summed E-state index contributed by atoms with van der Waals surface area (Å²) in [6.45, 7) is 8.07. The van der Waals surface area contributed by atoms with E-state index in [1.807, 2.05) is 32.0 Å². The molecule has 0 amide bonds. The molecule has 3 heteroatoms. The third-order valence-electron chi connectivity index (χ3n) is 3.64. The van der Waals surface area contributed by atoms with Crippen LogP contribution in [0.2, 0.25) is 0 Å². The number of Topliss-reactive ketones (excluding diaryl/α,β-unsaturated/α-hetero) is 1. The summed E-state index contributed by atoms with van der Waals surface area (Å²) in [5, 5.41) is 1.33. The Morgan fingerprint density at radius 2 is 2.28 bits per heavy atom. The minimum atomic E-state index is 0.118. The molecule has 0 unspecified atom stereocenters. The number of carbonyl (C=O) groups excluding carboxylic acids is 1. The second-order valence-electron chi connectivity index (χ2n) is 5.06. The Kier molecular flexibility index (Phi) is 4.23. The number of allylic oxidation sites excluding steroid dienone is 1. The van der Waals surface area contributed by atoms with Crippen molar-refractivity contribution in [1.82, 2.24) is 4.98 Å². The van der Waals surface area contributed by atoms with Gasteiger partial charge in [-0.3, -0.25) is 4.79 Å². The van der Waals surface area contributed by atoms with Crippen LogP contribution in [0.25, 0.3) is 0 Å². The van der Waals surface area contributed by atoms with Crippen LogP contribution < -0.4 is 0 Å². The number of rotatable bonds is 3. The van der Waals surface area contributed by atoms with E-state index in [0.29, 0.717) is 23.4 Å². The van der Waals surface area contributed by atoms with Crippen LogP contribution in [0.4, 0.5) is 0 Å². The zero-order chi connectivity index (χ0) is 13.1. The van der Waals surface area contributed by atoms with Crippen molar-refractivity contribution in [3.63, 3.8) is 0 Å². The quantitative estimate of drug-likeness (QED) is 0.776. The molecule has 96 valence electrons. The van der Waals surface area contributed by atoms with E-state index in [2.05, 4.69) is 11.6 Å². The van der Waals surface area contributed by atoms with Gasteiger partial charge in [-0.05, 0) is 31.4 Å². The van der Waals surface area contributed by atoms with E-state index in [1.165, 1.54) is 0 Å². The lowest BCUT2D eigenvalue weighted by molar-refractivity contribution is -0.124. The average Bonchev–Trinajstić information content (AvgIpc) is 2.35. The van der Waals surface area contributed by atoms with Gasteiger partial charge in [0, 0.05) is 23.8 Å². The SMILES string of the molecule is C=C(C)[C@@H]1CC(=O)[C@H](C)[C@@H](Sc2ccccn2)C1. The lowest BCUT2D eigenvalue weighted by Gasteiger charge is -2.32. The van der Waals surface area contributed by atoms with E-state index in [1.54, 1.807) is 18.0 Å². The van der Waals surface area contributed by atoms with Gasteiger partial charge >= 0.3 is 0 Å². The Labute approximate surface area is 113 Å². The molecule has 0 aliphatic heterocycles. The van der Waals surface area contributed by atoms with Gasteiger partial charge in [-0.1, -0.05) is 25.1 Å². The number of ketones is 1. The van der Waals surface area contributed by atoms with Gasteiger partial charge in [-0.2, -0.15) is 0 Å². The molecule has 18 heavy (non-hydrogen) atoms. The summed E-state index contributed by atoms with van der Waals surface area (Å²) in [4.78, 5) is 16.4. The molecule has 0 saturated heterocycles. The third kappa shape index (κ3) is 3.02. The van der Waals surface area contributed by atoms with Gasteiger partial charge in [-0.15, -0.1) is 11.8 Å². The molecule has 2 rings (SSSR count). The van der Waals surface area contributed by atoms with Crippen molar-refractivity contribution in [1.29, 1.82) is 0 Å². The fourth-order valence-corrected chi connectivity index (χ4v) is 3.57. The maximum absolute atomic E-state index is 12.0. The molecular weight excluding hydrogens is 242 g/mol. The zero-order valence-corrected chi connectivity index (χ0v) is 11.7. The van der Waals surface area contributed by atoms with E-state index < -0.39 is 0 Å². The number of aromatic nitrogens is 1. The molecule has 0 bridgehead atoms. The van der Waals surface area contributed by atoms with Gasteiger partial charge in [0.05, 0.1) is 5.03 Å². The van der Waals surface area contributed by atoms with Gasteiger partial charge in [0.2, 0.25) is 0 Å². The molecule has 1 aliphatic rings. The minimum absolute atomic E-state index is 0.118. The van der Waals surface area contributed by atoms with Crippen LogP contribution in [0.3, 0.4) is 0 Å². The molecule has 2 nitrogen and oxygen atoms in total. The maximum atomic E-state index is 12.0. The van der Waals surface area contributed by atoms with E-state index in [9.17, 15) is 4.79 Å². The van der Waals surface area contributed by atoms with E-state index >= 15 is 0 Å². The topological polar surface area (TPSA) is 30.0 Å². The maximum Gasteiger partial charge on any atom is 0.137 e. The fraction of sp³-hybridized carbons (Fsp3) is 0.467. The van der Waals surface area contributed by atoms with Crippen LogP contribution in [-0.2, 0) is 4.79 Å². The van der Waals surface area contributed by atoms with Crippen LogP contribution in [0.1, 0.15) is 26.7 Å². The second kappa shape index (κ2) is 5.70. The smallest absolute Gasteiger partial charge is 0.137 e. The number of pyridine rings is 1. The van der Waals surface area contributed by atoms with Gasteiger partial charge in [-0.25, -0.2) is 4.98 Å². The average molecular weight is 261 g/mol. The molecule has 3 atom stereocenters. The summed E-state index contributed by atoms with van der Waals surface area (Å²) >= 11 is 1.72. The van der Waals surface area contributed by atoms with Crippen LogP contribution in [0, 0.1) is 11.8 Å². The van der Waals surface area contributed by atoms with Crippen molar-refractivity contribution >= 4 is 17.5 Å². The Morgan fingerprint density at radius 1 is 1.50 bits per heavy atom. The summed E-state index contributed by atoms with van der Waals surface area (Å²) in [5.74, 6) is 0.824. The number of carbonyl (C=O) groups is 1. The second-order valence-corrected chi connectivity index (χ2v) is 6.32. The standard InChI is InChI=1S/C15H19NOS/c1-10(2)12-8-13(17)11(3)14(9-12)18-15-6-4-5-7-16-15/h4-7,11-12,14H,1,8-9H2,2-3H3/t11-,12+,14-/m0/s1. The van der Waals surface area contributed by atoms with Gasteiger partial charge in [0.25, 0.3) is 0 Å². The van der Waals surface area contributed by atoms with Gasteiger partial charge in [0.1, 0.15) is 5.78 Å². The minimum Gasteiger partial charge on any atom is -0.299 e. The fourth-order valence-electron chi connectivity index (χ4n) is 2.30. The first kappa shape index (κ1) is 13.3. The van der Waals surface area contributed by atoms with Crippen LogP contribution in [0.5, 0.6) is 0 Å². The molecule has 0 aromatic carbocycles. The lowest BCUT2D eigenvalue weighted by atomic mass is 9.79. The lowest BCUT2D eigenvalue weighted by Crippen LogP contribution is -2.33. The Hall–Kier alpha value is -1.09. The highest BCUT2D eigenvalue weighted by Crippen LogP contribution is 2.39. The molecule has 1 fully saturated rings. The molecule has 0 radical (unpaired) electrons. The molecule has 1 heterocycles. The number of thioether (sulfide) groups is 1. The number of hydrogen-bond acceptors (Lipinski definition) is 3. The Balaban J connectivity index is 2.10. The summed E-state index contributed by atoms with van der Waals surface area (Å²) < 4.78 is 0. The first-order valence-electron chi connectivity index (χ1n) is 6.33. The predicted molar refractivity (Wildman–Crippen MR) is 75.6 cm³/mol. The summed E-state index contributed by atoms with van der Waals surface area (Å²) in [6.07, 6.45) is 3.49. The molecular formula is C15H19NOS. The monoisotopic (exact) mass is 261 g/mol. The first-order valence-corrected chi connectivity index (χ1v) is 7.21. The largest absolute Gasteiger partial charge is 0.299 e. The molecule has 1 aromatic rings. The predicted octanol–water partition coefficient (Wildman–Crippen LogP) is 3.73. The molecule has 0 N–H and O–H groups in total. The normalized spacial score (nSPS) is 28.1. The van der Waals surface area contributed by atoms with E-state index in [-0.39, 0.29) is 5.92 Å². The van der Waals surface area contributed by atoms with E-state index in [0.717, 1.165) is 17.0 Å². The Morgan fingerprint density at radius 3 is 2.89 bits per heavy atom. The van der Waals surface area contributed by atoms with Crippen molar-refractivity contribution in [3.05, 3.63) is 36.5 Å². The summed E-state index contributed by atoms with van der Waals surface area (Å²) in [7, 11) is 0. The van der Waals surface area contributed by atoms with Crippen molar-refractivity contribution in [2.75, 3.05) is 0 Å². The highest BCUT2D eigenvalue weighted by atomic mass is 32.2. The first-order chi connectivity index (χ1) is 8.58. The third-order valence-corrected chi connectivity index (χ3v) is 5.02. The molecule has 0 spiro atoms. The number of hydrogen-bond donors (Lipinski definition) is 0. The van der Waals surface area contributed by atoms with Crippen LogP contribution in [0.15, 0.2) is 41.6 Å². The van der Waals surface area contributed by atoms with Crippen LogP contribution >= 0.6 is 11.8 Å². The highest BCUT2D eigenvalue weighted by Gasteiger charge is 2.34. The number of nitrogens with zero attached hydrogens (tertiary/aromatic N) is 1. The molecule has 1 aliphatic carbocycles. The van der Waals surface area contributed by atoms with Crippen molar-refractivity contribution in [2.24, 2.45) is 11.8 Å². The van der Waals surface area contributed by atoms with Crippen molar-refractivity contribution < 1.29 is 4.79 Å². The van der Waals surface area contributed by atoms with Crippen LogP contribution in [-0.4, -0.2) is 16.0 Å². The van der Waals surface area contributed by atoms with E-state index in [4.69, 9.17) is 0 Å². The highest BCUT2D eigenvalue weighted by molar-refractivity contribution is 7.99. The zero-order valence-electron chi connectivity index (χ0n) is 10.9. The van der Waals surface area contributed by atoms with Crippen molar-refractivity contribution in [2.45, 2.75) is 37.0 Å². The Bertz CT molecular complexity index is 443. The molecule has 1 saturated carbocycles. The van der Waals surface area contributed by atoms with Crippen molar-refractivity contribution in [3.8, 4) is 0 Å².